The van der Waals surface area contributed by atoms with Gasteiger partial charge in [0.2, 0.25) is 0 Å². The molecule has 1 atom stereocenters. The van der Waals surface area contributed by atoms with Gasteiger partial charge in [-0.1, -0.05) is 0 Å². The number of benzene rings is 1. The molecule has 0 saturated carbocycles. The van der Waals surface area contributed by atoms with Crippen molar-refractivity contribution in [3.63, 3.8) is 0 Å². The Morgan fingerprint density at radius 1 is 1.60 bits per heavy atom. The summed E-state index contributed by atoms with van der Waals surface area (Å²) in [6.45, 7) is 2.15. The normalized spacial score (nSPS) is 19.9. The summed E-state index contributed by atoms with van der Waals surface area (Å²) in [6, 6.07) is 5.30. The van der Waals surface area contributed by atoms with E-state index in [-0.39, 0.29) is 18.5 Å². The molecular formula is C14H18BrNO4. The summed E-state index contributed by atoms with van der Waals surface area (Å²) in [5.74, 6) is 0.750. The van der Waals surface area contributed by atoms with E-state index in [1.807, 2.05) is 4.90 Å². The maximum absolute atomic E-state index is 12.3. The van der Waals surface area contributed by atoms with Gasteiger partial charge in [-0.05, 0) is 34.1 Å². The summed E-state index contributed by atoms with van der Waals surface area (Å²) in [5.41, 5.74) is 0.643. The second-order valence-corrected chi connectivity index (χ2v) is 5.54. The number of aliphatic hydroxyl groups is 1. The fourth-order valence-corrected chi connectivity index (χ4v) is 2.71. The molecule has 0 amide bonds. The molecule has 0 bridgehead atoms. The highest BCUT2D eigenvalue weighted by molar-refractivity contribution is 9.10. The van der Waals surface area contributed by atoms with E-state index in [4.69, 9.17) is 14.6 Å². The SMILES string of the molecule is COc1ccc(C(=O)CN2CCOC(CO)C2)cc1Br. The molecule has 6 heteroatoms. The van der Waals surface area contributed by atoms with E-state index in [2.05, 4.69) is 15.9 Å². The Balaban J connectivity index is 1.99. The first-order chi connectivity index (χ1) is 9.63. The van der Waals surface area contributed by atoms with Crippen LogP contribution in [0.4, 0.5) is 0 Å². The number of rotatable bonds is 5. The van der Waals surface area contributed by atoms with Gasteiger partial charge in [-0.15, -0.1) is 0 Å². The molecule has 0 aromatic heterocycles. The Bertz CT molecular complexity index is 480. The summed E-state index contributed by atoms with van der Waals surface area (Å²) in [5, 5.41) is 9.10. The first-order valence-electron chi connectivity index (χ1n) is 6.45. The minimum absolute atomic E-state index is 0.0151. The quantitative estimate of drug-likeness (QED) is 0.817. The molecular weight excluding hydrogens is 326 g/mol. The lowest BCUT2D eigenvalue weighted by Gasteiger charge is -2.31. The number of halogens is 1. The number of ketones is 1. The summed E-state index contributed by atoms with van der Waals surface area (Å²) < 4.78 is 11.3. The number of aliphatic hydroxyl groups excluding tert-OH is 1. The van der Waals surface area contributed by atoms with E-state index < -0.39 is 0 Å². The van der Waals surface area contributed by atoms with Gasteiger partial charge in [-0.3, -0.25) is 9.69 Å². The van der Waals surface area contributed by atoms with E-state index in [1.54, 1.807) is 25.3 Å². The molecule has 110 valence electrons. The molecule has 1 saturated heterocycles. The average Bonchev–Trinajstić information content (AvgIpc) is 2.47. The van der Waals surface area contributed by atoms with Gasteiger partial charge in [0.05, 0.1) is 37.4 Å². The number of carbonyl (C=O) groups excluding carboxylic acids is 1. The number of methoxy groups -OCH3 is 1. The zero-order valence-corrected chi connectivity index (χ0v) is 12.9. The highest BCUT2D eigenvalue weighted by Gasteiger charge is 2.22. The number of morpholine rings is 1. The fraction of sp³-hybridized carbons (Fsp3) is 0.500. The van der Waals surface area contributed by atoms with Gasteiger partial charge in [-0.2, -0.15) is 0 Å². The molecule has 0 aliphatic carbocycles. The molecule has 0 spiro atoms. The molecule has 20 heavy (non-hydrogen) atoms. The van der Waals surface area contributed by atoms with Gasteiger partial charge >= 0.3 is 0 Å². The lowest BCUT2D eigenvalue weighted by molar-refractivity contribution is -0.0503. The second kappa shape index (κ2) is 7.17. The van der Waals surface area contributed by atoms with E-state index in [0.29, 0.717) is 37.6 Å². The summed E-state index contributed by atoms with van der Waals surface area (Å²) in [6.07, 6.45) is -0.195. The molecule has 1 aliphatic rings. The van der Waals surface area contributed by atoms with Crippen LogP contribution in [0.25, 0.3) is 0 Å². The van der Waals surface area contributed by atoms with Gasteiger partial charge in [0, 0.05) is 18.7 Å². The Kier molecular flexibility index (Phi) is 5.54. The van der Waals surface area contributed by atoms with E-state index >= 15 is 0 Å². The summed E-state index contributed by atoms with van der Waals surface area (Å²) in [7, 11) is 1.59. The first kappa shape index (κ1) is 15.4. The molecule has 1 fully saturated rings. The van der Waals surface area contributed by atoms with Crippen LogP contribution in [0.2, 0.25) is 0 Å². The number of carbonyl (C=O) groups is 1. The van der Waals surface area contributed by atoms with Crippen LogP contribution in [-0.4, -0.2) is 61.9 Å². The lowest BCUT2D eigenvalue weighted by Crippen LogP contribution is -2.45. The zero-order chi connectivity index (χ0) is 14.5. The van der Waals surface area contributed by atoms with E-state index in [1.165, 1.54) is 0 Å². The van der Waals surface area contributed by atoms with Crippen molar-refractivity contribution in [2.45, 2.75) is 6.10 Å². The van der Waals surface area contributed by atoms with Crippen LogP contribution in [0.5, 0.6) is 5.75 Å². The topological polar surface area (TPSA) is 59.0 Å². The molecule has 1 N–H and O–H groups in total. The Labute approximate surface area is 126 Å². The van der Waals surface area contributed by atoms with Crippen LogP contribution >= 0.6 is 15.9 Å². The highest BCUT2D eigenvalue weighted by atomic mass is 79.9. The van der Waals surface area contributed by atoms with Crippen LogP contribution in [0.1, 0.15) is 10.4 Å². The standard InChI is InChI=1S/C14H18BrNO4/c1-19-14-3-2-10(6-12(14)15)13(18)8-16-4-5-20-11(7-16)9-17/h2-3,6,11,17H,4-5,7-9H2,1H3. The number of ether oxygens (including phenoxy) is 2. The Hall–Kier alpha value is -0.950. The molecule has 1 aromatic carbocycles. The lowest BCUT2D eigenvalue weighted by atomic mass is 10.1. The van der Waals surface area contributed by atoms with Crippen molar-refractivity contribution in [2.24, 2.45) is 0 Å². The smallest absolute Gasteiger partial charge is 0.176 e. The van der Waals surface area contributed by atoms with E-state index in [9.17, 15) is 4.79 Å². The van der Waals surface area contributed by atoms with Crippen molar-refractivity contribution in [1.29, 1.82) is 0 Å². The van der Waals surface area contributed by atoms with Crippen molar-refractivity contribution < 1.29 is 19.4 Å². The minimum Gasteiger partial charge on any atom is -0.496 e. The van der Waals surface area contributed by atoms with Crippen LogP contribution < -0.4 is 4.74 Å². The Morgan fingerprint density at radius 2 is 2.40 bits per heavy atom. The van der Waals surface area contributed by atoms with Crippen molar-refractivity contribution >= 4 is 21.7 Å². The third-order valence-corrected chi connectivity index (χ3v) is 3.89. The highest BCUT2D eigenvalue weighted by Crippen LogP contribution is 2.25. The van der Waals surface area contributed by atoms with Crippen LogP contribution in [-0.2, 0) is 4.74 Å². The third-order valence-electron chi connectivity index (χ3n) is 3.27. The molecule has 1 unspecified atom stereocenters. The van der Waals surface area contributed by atoms with Crippen LogP contribution in [0.3, 0.4) is 0 Å². The van der Waals surface area contributed by atoms with Gasteiger partial charge in [0.15, 0.2) is 5.78 Å². The van der Waals surface area contributed by atoms with Gasteiger partial charge in [-0.25, -0.2) is 0 Å². The monoisotopic (exact) mass is 343 g/mol. The number of hydrogen-bond acceptors (Lipinski definition) is 5. The maximum atomic E-state index is 12.3. The van der Waals surface area contributed by atoms with Gasteiger partial charge in [0.25, 0.3) is 0 Å². The number of hydrogen-bond donors (Lipinski definition) is 1. The van der Waals surface area contributed by atoms with Crippen LogP contribution in [0.15, 0.2) is 22.7 Å². The zero-order valence-electron chi connectivity index (χ0n) is 11.3. The summed E-state index contributed by atoms with van der Waals surface area (Å²) >= 11 is 3.38. The average molecular weight is 344 g/mol. The van der Waals surface area contributed by atoms with Crippen molar-refractivity contribution in [3.05, 3.63) is 28.2 Å². The molecule has 1 aliphatic heterocycles. The largest absolute Gasteiger partial charge is 0.496 e. The molecule has 2 rings (SSSR count). The van der Waals surface area contributed by atoms with Crippen LogP contribution in [0, 0.1) is 0 Å². The predicted octanol–water partition coefficient (Wildman–Crippen LogP) is 1.33. The van der Waals surface area contributed by atoms with Crippen molar-refractivity contribution in [1.82, 2.24) is 4.90 Å². The van der Waals surface area contributed by atoms with E-state index in [0.717, 1.165) is 4.47 Å². The maximum Gasteiger partial charge on any atom is 0.176 e. The third kappa shape index (κ3) is 3.79. The van der Waals surface area contributed by atoms with Crippen molar-refractivity contribution in [3.8, 4) is 5.75 Å². The van der Waals surface area contributed by atoms with Gasteiger partial charge < -0.3 is 14.6 Å². The fourth-order valence-electron chi connectivity index (χ4n) is 2.17. The number of nitrogens with zero attached hydrogens (tertiary/aromatic N) is 1. The second-order valence-electron chi connectivity index (χ2n) is 4.68. The first-order valence-corrected chi connectivity index (χ1v) is 7.25. The minimum atomic E-state index is -0.195. The van der Waals surface area contributed by atoms with Gasteiger partial charge in [0.1, 0.15) is 5.75 Å². The number of Topliss-reactive ketones (excluding diaryl/α,β-unsaturated/α-hetero) is 1. The molecule has 0 radical (unpaired) electrons. The summed E-state index contributed by atoms with van der Waals surface area (Å²) in [4.78, 5) is 14.3. The molecule has 5 nitrogen and oxygen atoms in total. The predicted molar refractivity (Wildman–Crippen MR) is 78.3 cm³/mol. The molecule has 1 heterocycles. The van der Waals surface area contributed by atoms with Crippen molar-refractivity contribution in [2.75, 3.05) is 40.0 Å². The Morgan fingerprint density at radius 3 is 3.05 bits per heavy atom. The molecule has 1 aromatic rings.